The first-order chi connectivity index (χ1) is 8.84. The van der Waals surface area contributed by atoms with Gasteiger partial charge in [0.2, 0.25) is 5.91 Å². The molecular formula is C13H16N4O. The van der Waals surface area contributed by atoms with Crippen LogP contribution in [0.4, 0.5) is 5.69 Å². The summed E-state index contributed by atoms with van der Waals surface area (Å²) in [4.78, 5) is 11.6. The van der Waals surface area contributed by atoms with E-state index in [1.165, 1.54) is 0 Å². The van der Waals surface area contributed by atoms with E-state index in [0.29, 0.717) is 13.1 Å². The normalized spacial score (nSPS) is 10.2. The molecule has 0 fully saturated rings. The lowest BCUT2D eigenvalue weighted by Gasteiger charge is -2.06. The second-order valence-corrected chi connectivity index (χ2v) is 3.86. The molecule has 0 unspecified atom stereocenters. The summed E-state index contributed by atoms with van der Waals surface area (Å²) in [5, 5.41) is 9.96. The van der Waals surface area contributed by atoms with Crippen molar-refractivity contribution in [1.82, 2.24) is 15.1 Å². The number of anilines is 1. The van der Waals surface area contributed by atoms with Crippen LogP contribution in [0.3, 0.4) is 0 Å². The highest BCUT2D eigenvalue weighted by atomic mass is 16.1. The van der Waals surface area contributed by atoms with E-state index in [0.717, 1.165) is 12.2 Å². The first kappa shape index (κ1) is 12.3. The van der Waals surface area contributed by atoms with Gasteiger partial charge in [-0.3, -0.25) is 9.48 Å². The van der Waals surface area contributed by atoms with Gasteiger partial charge in [-0.05, 0) is 18.2 Å². The molecule has 2 rings (SSSR count). The van der Waals surface area contributed by atoms with Crippen LogP contribution in [0.5, 0.6) is 0 Å². The highest BCUT2D eigenvalue weighted by Crippen LogP contribution is 2.03. The smallest absolute Gasteiger partial charge is 0.238 e. The van der Waals surface area contributed by atoms with E-state index in [9.17, 15) is 4.79 Å². The van der Waals surface area contributed by atoms with Crippen molar-refractivity contribution in [3.05, 3.63) is 48.8 Å². The zero-order valence-corrected chi connectivity index (χ0v) is 10.0. The number of carbonyl (C=O) groups is 1. The van der Waals surface area contributed by atoms with Gasteiger partial charge in [0.1, 0.15) is 0 Å². The van der Waals surface area contributed by atoms with E-state index in [1.54, 1.807) is 6.20 Å². The van der Waals surface area contributed by atoms with Crippen LogP contribution in [0, 0.1) is 0 Å². The maximum Gasteiger partial charge on any atom is 0.238 e. The molecule has 0 saturated carbocycles. The van der Waals surface area contributed by atoms with Gasteiger partial charge >= 0.3 is 0 Å². The highest BCUT2D eigenvalue weighted by Gasteiger charge is 2.00. The van der Waals surface area contributed by atoms with Crippen molar-refractivity contribution in [2.45, 2.75) is 6.54 Å². The Morgan fingerprint density at radius 1 is 1.22 bits per heavy atom. The Balaban J connectivity index is 1.63. The lowest BCUT2D eigenvalue weighted by molar-refractivity contribution is -0.115. The number of aromatic nitrogens is 2. The molecular weight excluding hydrogens is 228 g/mol. The van der Waals surface area contributed by atoms with E-state index in [1.807, 2.05) is 47.3 Å². The molecule has 2 N–H and O–H groups in total. The molecule has 1 amide bonds. The van der Waals surface area contributed by atoms with Crippen LogP contribution >= 0.6 is 0 Å². The Labute approximate surface area is 106 Å². The topological polar surface area (TPSA) is 59.0 Å². The molecule has 1 aromatic heterocycles. The van der Waals surface area contributed by atoms with E-state index in [2.05, 4.69) is 15.7 Å². The van der Waals surface area contributed by atoms with Crippen LogP contribution in [0.25, 0.3) is 0 Å². The summed E-state index contributed by atoms with van der Waals surface area (Å²) >= 11 is 0. The Bertz CT molecular complexity index is 467. The van der Waals surface area contributed by atoms with Gasteiger partial charge in [0.05, 0.1) is 13.1 Å². The number of benzene rings is 1. The molecule has 0 aliphatic rings. The molecule has 0 spiro atoms. The van der Waals surface area contributed by atoms with Gasteiger partial charge in [0, 0.05) is 24.6 Å². The molecule has 1 heterocycles. The standard InChI is InChI=1S/C13H16N4O/c18-13(16-12-5-2-1-3-6-12)11-14-8-10-17-9-4-7-15-17/h1-7,9,14H,8,10-11H2,(H,16,18). The predicted octanol–water partition coefficient (Wildman–Crippen LogP) is 1.11. The van der Waals surface area contributed by atoms with Gasteiger partial charge in [-0.1, -0.05) is 18.2 Å². The van der Waals surface area contributed by atoms with Crippen LogP contribution < -0.4 is 10.6 Å². The van der Waals surface area contributed by atoms with Crippen molar-refractivity contribution >= 4 is 11.6 Å². The second-order valence-electron chi connectivity index (χ2n) is 3.86. The van der Waals surface area contributed by atoms with E-state index in [4.69, 9.17) is 0 Å². The van der Waals surface area contributed by atoms with Crippen LogP contribution in [0.2, 0.25) is 0 Å². The molecule has 0 aliphatic carbocycles. The first-order valence-corrected chi connectivity index (χ1v) is 5.87. The summed E-state index contributed by atoms with van der Waals surface area (Å²) in [7, 11) is 0. The van der Waals surface area contributed by atoms with Crippen LogP contribution in [-0.2, 0) is 11.3 Å². The third-order valence-electron chi connectivity index (χ3n) is 2.42. The van der Waals surface area contributed by atoms with Crippen molar-refractivity contribution in [2.75, 3.05) is 18.4 Å². The number of hydrogen-bond acceptors (Lipinski definition) is 3. The van der Waals surface area contributed by atoms with Gasteiger partial charge in [0.25, 0.3) is 0 Å². The van der Waals surface area contributed by atoms with Crippen molar-refractivity contribution < 1.29 is 4.79 Å². The monoisotopic (exact) mass is 244 g/mol. The molecule has 0 atom stereocenters. The molecule has 1 aromatic carbocycles. The van der Waals surface area contributed by atoms with Crippen LogP contribution in [0.1, 0.15) is 0 Å². The summed E-state index contributed by atoms with van der Waals surface area (Å²) in [5.41, 5.74) is 0.816. The molecule has 0 aliphatic heterocycles. The third-order valence-corrected chi connectivity index (χ3v) is 2.42. The molecule has 2 aromatic rings. The molecule has 18 heavy (non-hydrogen) atoms. The summed E-state index contributed by atoms with van der Waals surface area (Å²) in [5.74, 6) is -0.0401. The van der Waals surface area contributed by atoms with Crippen LogP contribution in [-0.4, -0.2) is 28.8 Å². The minimum Gasteiger partial charge on any atom is -0.325 e. The lowest BCUT2D eigenvalue weighted by atomic mass is 10.3. The highest BCUT2D eigenvalue weighted by molar-refractivity contribution is 5.92. The average molecular weight is 244 g/mol. The first-order valence-electron chi connectivity index (χ1n) is 5.87. The third kappa shape index (κ3) is 4.03. The van der Waals surface area contributed by atoms with Gasteiger partial charge in [-0.25, -0.2) is 0 Å². The molecule has 5 heteroatoms. The van der Waals surface area contributed by atoms with Crippen molar-refractivity contribution in [3.63, 3.8) is 0 Å². The largest absolute Gasteiger partial charge is 0.325 e. The van der Waals surface area contributed by atoms with E-state index >= 15 is 0 Å². The fraction of sp³-hybridized carbons (Fsp3) is 0.231. The molecule has 0 saturated heterocycles. The van der Waals surface area contributed by atoms with Crippen molar-refractivity contribution in [3.8, 4) is 0 Å². The van der Waals surface area contributed by atoms with E-state index < -0.39 is 0 Å². The lowest BCUT2D eigenvalue weighted by Crippen LogP contribution is -2.30. The van der Waals surface area contributed by atoms with E-state index in [-0.39, 0.29) is 5.91 Å². The van der Waals surface area contributed by atoms with Crippen LogP contribution in [0.15, 0.2) is 48.8 Å². The second kappa shape index (κ2) is 6.56. The Morgan fingerprint density at radius 3 is 2.78 bits per heavy atom. The van der Waals surface area contributed by atoms with Crippen molar-refractivity contribution in [1.29, 1.82) is 0 Å². The number of rotatable bonds is 6. The Morgan fingerprint density at radius 2 is 2.06 bits per heavy atom. The number of carbonyl (C=O) groups excluding carboxylic acids is 1. The van der Waals surface area contributed by atoms with Gasteiger partial charge in [-0.2, -0.15) is 5.10 Å². The molecule has 0 radical (unpaired) electrons. The number of para-hydroxylation sites is 1. The molecule has 0 bridgehead atoms. The van der Waals surface area contributed by atoms with Gasteiger partial charge in [0.15, 0.2) is 0 Å². The fourth-order valence-corrected chi connectivity index (χ4v) is 1.55. The van der Waals surface area contributed by atoms with Crippen molar-refractivity contribution in [2.24, 2.45) is 0 Å². The molecule has 5 nitrogen and oxygen atoms in total. The predicted molar refractivity (Wildman–Crippen MR) is 70.2 cm³/mol. The minimum atomic E-state index is -0.0401. The summed E-state index contributed by atoms with van der Waals surface area (Å²) in [6, 6.07) is 11.3. The SMILES string of the molecule is O=C(CNCCn1cccn1)Nc1ccccc1. The average Bonchev–Trinajstić information content (AvgIpc) is 2.89. The quantitative estimate of drug-likeness (QED) is 0.748. The molecule has 94 valence electrons. The zero-order valence-electron chi connectivity index (χ0n) is 10.0. The number of hydrogen-bond donors (Lipinski definition) is 2. The summed E-state index contributed by atoms with van der Waals surface area (Å²) < 4.78 is 1.82. The minimum absolute atomic E-state index is 0.0401. The maximum atomic E-state index is 11.6. The zero-order chi connectivity index (χ0) is 12.6. The Hall–Kier alpha value is -2.14. The van der Waals surface area contributed by atoms with Gasteiger partial charge in [-0.15, -0.1) is 0 Å². The summed E-state index contributed by atoms with van der Waals surface area (Å²) in [6.07, 6.45) is 3.63. The summed E-state index contributed by atoms with van der Waals surface area (Å²) in [6.45, 7) is 1.77. The maximum absolute atomic E-state index is 11.6. The number of amides is 1. The number of nitrogens with one attached hydrogen (secondary N) is 2. The Kier molecular flexibility index (Phi) is 4.49. The number of nitrogens with zero attached hydrogens (tertiary/aromatic N) is 2. The fourth-order valence-electron chi connectivity index (χ4n) is 1.55. The van der Waals surface area contributed by atoms with Gasteiger partial charge < -0.3 is 10.6 Å².